The largest absolute Gasteiger partial charge is 0.481 e. The summed E-state index contributed by atoms with van der Waals surface area (Å²) in [4.78, 5) is 27.6. The number of carbonyl (C=O) groups excluding carboxylic acids is 1. The normalized spacial score (nSPS) is 18.0. The Bertz CT molecular complexity index is 1890. The van der Waals surface area contributed by atoms with Crippen molar-refractivity contribution < 1.29 is 29.3 Å². The number of rotatable bonds is 14. The summed E-state index contributed by atoms with van der Waals surface area (Å²) in [5.74, 6) is -0.611. The van der Waals surface area contributed by atoms with Crippen molar-refractivity contribution >= 4 is 35.1 Å². The second kappa shape index (κ2) is 15.4. The molecule has 1 aliphatic carbocycles. The molecule has 12 heteroatoms. The van der Waals surface area contributed by atoms with E-state index in [1.54, 1.807) is 6.07 Å². The molecular weight excluding hydrogens is 679 g/mol. The van der Waals surface area contributed by atoms with E-state index in [1.807, 2.05) is 30.3 Å². The van der Waals surface area contributed by atoms with Crippen molar-refractivity contribution in [2.24, 2.45) is 0 Å². The van der Waals surface area contributed by atoms with Crippen LogP contribution in [0.1, 0.15) is 54.5 Å². The van der Waals surface area contributed by atoms with E-state index in [2.05, 4.69) is 51.3 Å². The zero-order chi connectivity index (χ0) is 35.4. The van der Waals surface area contributed by atoms with Crippen molar-refractivity contribution in [2.75, 3.05) is 20.3 Å². The Balaban J connectivity index is 1.17. The number of halogens is 2. The van der Waals surface area contributed by atoms with Gasteiger partial charge in [0.15, 0.2) is 0 Å². The Morgan fingerprint density at radius 3 is 2.44 bits per heavy atom. The summed E-state index contributed by atoms with van der Waals surface area (Å²) in [7, 11) is 1.47. The number of pyridine rings is 1. The predicted molar refractivity (Wildman–Crippen MR) is 193 cm³/mol. The Hall–Kier alpha value is -4.19. The lowest BCUT2D eigenvalue weighted by molar-refractivity contribution is -0.146. The zero-order valence-electron chi connectivity index (χ0n) is 27.9. The topological polar surface area (TPSA) is 142 Å². The molecule has 2 aliphatic rings. The molecule has 10 nitrogen and oxygen atoms in total. The Morgan fingerprint density at radius 1 is 1.00 bits per heavy atom. The molecule has 0 spiro atoms. The van der Waals surface area contributed by atoms with Crippen molar-refractivity contribution in [2.45, 2.75) is 63.4 Å². The second-order valence-electron chi connectivity index (χ2n) is 12.9. The van der Waals surface area contributed by atoms with E-state index in [1.165, 1.54) is 14.0 Å². The second-order valence-corrected chi connectivity index (χ2v) is 13.7. The van der Waals surface area contributed by atoms with Crippen LogP contribution < -0.4 is 25.4 Å². The molecule has 4 aromatic rings. The highest BCUT2D eigenvalue weighted by Crippen LogP contribution is 2.44. The number of aromatic nitrogens is 1. The predicted octanol–water partition coefficient (Wildman–Crippen LogP) is 6.09. The van der Waals surface area contributed by atoms with Gasteiger partial charge >= 0.3 is 5.97 Å². The third-order valence-corrected chi connectivity index (χ3v) is 10.1. The van der Waals surface area contributed by atoms with E-state index in [0.29, 0.717) is 30.0 Å². The number of carboxylic acids is 1. The highest BCUT2D eigenvalue weighted by molar-refractivity contribution is 6.36. The lowest BCUT2D eigenvalue weighted by Crippen LogP contribution is -2.52. The summed E-state index contributed by atoms with van der Waals surface area (Å²) < 4.78 is 11.9. The summed E-state index contributed by atoms with van der Waals surface area (Å²) in [6.07, 6.45) is 2.65. The summed E-state index contributed by atoms with van der Waals surface area (Å²) in [5, 5.41) is 29.3. The van der Waals surface area contributed by atoms with E-state index < -0.39 is 18.1 Å². The smallest absolute Gasteiger partial charge is 0.326 e. The summed E-state index contributed by atoms with van der Waals surface area (Å²) in [6.45, 7) is 2.31. The fraction of sp³-hybridized carbons (Fsp3) is 0.342. The first-order valence-electron chi connectivity index (χ1n) is 16.6. The van der Waals surface area contributed by atoms with E-state index in [4.69, 9.17) is 32.7 Å². The number of hydrogen-bond acceptors (Lipinski definition) is 8. The van der Waals surface area contributed by atoms with Gasteiger partial charge in [-0.3, -0.25) is 14.9 Å². The molecule has 1 aromatic heterocycles. The van der Waals surface area contributed by atoms with Crippen LogP contribution in [0, 0.1) is 0 Å². The van der Waals surface area contributed by atoms with Gasteiger partial charge in [0, 0.05) is 48.8 Å². The quantitative estimate of drug-likeness (QED) is 0.105. The Kier molecular flexibility index (Phi) is 11.0. The summed E-state index contributed by atoms with van der Waals surface area (Å²) in [6, 6.07) is 22.4. The van der Waals surface area contributed by atoms with Crippen LogP contribution in [-0.4, -0.2) is 58.9 Å². The van der Waals surface area contributed by atoms with Crippen LogP contribution in [0.25, 0.3) is 22.3 Å². The average Bonchev–Trinajstić information content (AvgIpc) is 3.74. The van der Waals surface area contributed by atoms with Crippen LogP contribution >= 0.6 is 23.2 Å². The summed E-state index contributed by atoms with van der Waals surface area (Å²) in [5.41, 5.74) is 6.27. The molecule has 0 saturated carbocycles. The molecule has 3 atom stereocenters. The highest BCUT2D eigenvalue weighted by Gasteiger charge is 2.33. The molecule has 3 aromatic carbocycles. The van der Waals surface area contributed by atoms with Crippen LogP contribution in [0.15, 0.2) is 66.7 Å². The number of nitrogens with one attached hydrogen (secondary N) is 3. The first kappa shape index (κ1) is 35.6. The van der Waals surface area contributed by atoms with Gasteiger partial charge in [0.2, 0.25) is 17.7 Å². The van der Waals surface area contributed by atoms with Crippen LogP contribution in [0.4, 0.5) is 0 Å². The molecule has 262 valence electrons. The number of nitrogens with zero attached hydrogens (tertiary/aromatic N) is 1. The van der Waals surface area contributed by atoms with E-state index in [0.717, 1.165) is 58.3 Å². The maximum atomic E-state index is 11.6. The lowest BCUT2D eigenvalue weighted by Gasteiger charge is -2.24. The Morgan fingerprint density at radius 2 is 1.74 bits per heavy atom. The first-order chi connectivity index (χ1) is 24.1. The number of aliphatic hydroxyl groups is 1. The standard InChI is InChI=1S/C38H40Cl2N4O6/c1-38(21-45,37(47)48)42-19-24-17-31(39)36(44-35(24)49-2)50-32-15-14-28-27(6-4-7-29(28)32)30-8-3-5-26(34(30)40)23-11-9-22(10-12-23)18-41-20-25-13-16-33(46)43-25/h3-12,17,25,32,41-42,45H,13-16,18-21H2,1-2H3,(H,43,46)(H,47,48)/t25-,32-,38?/m0/s1. The van der Waals surface area contributed by atoms with Crippen molar-refractivity contribution in [1.29, 1.82) is 0 Å². The third-order valence-electron chi connectivity index (χ3n) is 9.46. The van der Waals surface area contributed by atoms with Gasteiger partial charge in [-0.15, -0.1) is 0 Å². The SMILES string of the molecule is COc1nc(O[C@H]2CCc3c(-c4cccc(-c5ccc(CNC[C@@H]6CCC(=O)N6)cc5)c4Cl)cccc32)c(Cl)cc1CNC(C)(CO)C(=O)O. The molecule has 1 amide bonds. The molecule has 1 saturated heterocycles. The Labute approximate surface area is 301 Å². The molecule has 50 heavy (non-hydrogen) atoms. The van der Waals surface area contributed by atoms with Crippen molar-refractivity contribution in [1.82, 2.24) is 20.9 Å². The van der Waals surface area contributed by atoms with Crippen molar-refractivity contribution in [3.8, 4) is 34.0 Å². The van der Waals surface area contributed by atoms with E-state index in [9.17, 15) is 19.8 Å². The molecular formula is C38H40Cl2N4O6. The summed E-state index contributed by atoms with van der Waals surface area (Å²) >= 11 is 13.8. The van der Waals surface area contributed by atoms with Crippen molar-refractivity contribution in [3.05, 3.63) is 99.0 Å². The molecule has 5 N–H and O–H groups in total. The minimum absolute atomic E-state index is 0.0543. The molecule has 6 rings (SSSR count). The number of methoxy groups -OCH3 is 1. The molecule has 1 aliphatic heterocycles. The van der Waals surface area contributed by atoms with Gasteiger partial charge in [-0.25, -0.2) is 0 Å². The number of amides is 1. The molecule has 0 bridgehead atoms. The monoisotopic (exact) mass is 718 g/mol. The van der Waals surface area contributed by atoms with Gasteiger partial charge in [-0.05, 0) is 60.1 Å². The first-order valence-corrected chi connectivity index (χ1v) is 17.3. The van der Waals surface area contributed by atoms with Crippen LogP contribution in [0.3, 0.4) is 0 Å². The molecule has 1 unspecified atom stereocenters. The highest BCUT2D eigenvalue weighted by atomic mass is 35.5. The average molecular weight is 720 g/mol. The van der Waals surface area contributed by atoms with Crippen LogP contribution in [-0.2, 0) is 29.1 Å². The van der Waals surface area contributed by atoms with Gasteiger partial charge in [-0.2, -0.15) is 4.98 Å². The molecule has 1 fully saturated rings. The number of hydrogen-bond donors (Lipinski definition) is 5. The zero-order valence-corrected chi connectivity index (χ0v) is 29.4. The number of benzene rings is 3. The maximum Gasteiger partial charge on any atom is 0.326 e. The molecule has 0 radical (unpaired) electrons. The van der Waals surface area contributed by atoms with E-state index in [-0.39, 0.29) is 41.4 Å². The van der Waals surface area contributed by atoms with Gasteiger partial charge in [-0.1, -0.05) is 83.9 Å². The number of carbonyl (C=O) groups is 2. The van der Waals surface area contributed by atoms with Crippen LogP contribution in [0.2, 0.25) is 10.0 Å². The maximum absolute atomic E-state index is 11.6. The fourth-order valence-corrected chi connectivity index (χ4v) is 7.04. The van der Waals surface area contributed by atoms with Gasteiger partial charge < -0.3 is 30.3 Å². The number of aliphatic hydroxyl groups excluding tert-OH is 1. The van der Waals surface area contributed by atoms with E-state index >= 15 is 0 Å². The minimum atomic E-state index is -1.54. The third kappa shape index (κ3) is 7.60. The van der Waals surface area contributed by atoms with Gasteiger partial charge in [0.05, 0.1) is 18.7 Å². The minimum Gasteiger partial charge on any atom is -0.481 e. The van der Waals surface area contributed by atoms with Crippen molar-refractivity contribution in [3.63, 3.8) is 0 Å². The van der Waals surface area contributed by atoms with Crippen LogP contribution in [0.5, 0.6) is 11.8 Å². The fourth-order valence-electron chi connectivity index (χ4n) is 6.48. The number of ether oxygens (including phenoxy) is 2. The molecule has 2 heterocycles. The van der Waals surface area contributed by atoms with Gasteiger partial charge in [0.1, 0.15) is 16.7 Å². The number of aliphatic carboxylic acids is 1. The lowest BCUT2D eigenvalue weighted by atomic mass is 9.93. The number of fused-ring (bicyclic) bond motifs is 1. The van der Waals surface area contributed by atoms with Gasteiger partial charge in [0.25, 0.3) is 0 Å². The number of carboxylic acid groups (broad SMARTS) is 1.